The summed E-state index contributed by atoms with van der Waals surface area (Å²) in [5, 5.41) is 9.10. The molecule has 1 N–H and O–H groups in total. The Balaban J connectivity index is 1.94. The zero-order valence-corrected chi connectivity index (χ0v) is 10.9. The Morgan fingerprint density at radius 3 is 3.00 bits per heavy atom. The lowest BCUT2D eigenvalue weighted by atomic mass is 10.0. The Morgan fingerprint density at radius 2 is 2.32 bits per heavy atom. The highest BCUT2D eigenvalue weighted by atomic mass is 16.5. The van der Waals surface area contributed by atoms with Crippen molar-refractivity contribution in [2.45, 2.75) is 12.6 Å². The van der Waals surface area contributed by atoms with Crippen LogP contribution in [0.25, 0.3) is 0 Å². The van der Waals surface area contributed by atoms with Crippen molar-refractivity contribution in [1.29, 1.82) is 0 Å². The van der Waals surface area contributed by atoms with E-state index in [9.17, 15) is 9.59 Å². The Kier molecular flexibility index (Phi) is 4.34. The third kappa shape index (κ3) is 3.21. The predicted molar refractivity (Wildman–Crippen MR) is 69.1 cm³/mol. The number of likely N-dealkylation sites (N-methyl/N-ethyl adjacent to an activating group) is 1. The van der Waals surface area contributed by atoms with Crippen LogP contribution in [0.3, 0.4) is 0 Å². The number of aromatic nitrogens is 1. The molecular formula is C13H18N2O4. The number of rotatable bonds is 5. The van der Waals surface area contributed by atoms with Crippen molar-refractivity contribution >= 4 is 5.97 Å². The molecule has 0 aromatic carbocycles. The normalized spacial score (nSPS) is 22.8. The maximum Gasteiger partial charge on any atom is 0.310 e. The fourth-order valence-electron chi connectivity index (χ4n) is 2.29. The highest BCUT2D eigenvalue weighted by Gasteiger charge is 2.36. The summed E-state index contributed by atoms with van der Waals surface area (Å²) in [6.07, 6.45) is 1.73. The molecule has 2 unspecified atom stereocenters. The molecule has 2 atom stereocenters. The summed E-state index contributed by atoms with van der Waals surface area (Å²) in [6, 6.07) is 4.89. The van der Waals surface area contributed by atoms with Crippen LogP contribution < -0.4 is 5.56 Å². The molecule has 6 nitrogen and oxygen atoms in total. The van der Waals surface area contributed by atoms with E-state index < -0.39 is 11.9 Å². The molecule has 0 aliphatic carbocycles. The third-order valence-corrected chi connectivity index (χ3v) is 3.53. The molecular weight excluding hydrogens is 248 g/mol. The first-order chi connectivity index (χ1) is 9.09. The van der Waals surface area contributed by atoms with Crippen LogP contribution in [0.2, 0.25) is 0 Å². The third-order valence-electron chi connectivity index (χ3n) is 3.53. The maximum atomic E-state index is 11.6. The van der Waals surface area contributed by atoms with Gasteiger partial charge in [0.25, 0.3) is 5.56 Å². The van der Waals surface area contributed by atoms with Gasteiger partial charge in [0.2, 0.25) is 0 Å². The molecule has 2 rings (SSSR count). The van der Waals surface area contributed by atoms with E-state index in [2.05, 4.69) is 0 Å². The van der Waals surface area contributed by atoms with E-state index in [0.29, 0.717) is 19.7 Å². The first-order valence-electron chi connectivity index (χ1n) is 6.26. The molecule has 1 aliphatic heterocycles. The Labute approximate surface area is 111 Å². The summed E-state index contributed by atoms with van der Waals surface area (Å²) in [5.74, 6) is -1.32. The lowest BCUT2D eigenvalue weighted by Crippen LogP contribution is -2.42. The number of carboxylic acid groups (broad SMARTS) is 1. The molecule has 19 heavy (non-hydrogen) atoms. The van der Waals surface area contributed by atoms with Gasteiger partial charge in [-0.05, 0) is 13.1 Å². The molecule has 1 aromatic heterocycles. The van der Waals surface area contributed by atoms with Crippen molar-refractivity contribution in [3.8, 4) is 0 Å². The van der Waals surface area contributed by atoms with Crippen LogP contribution >= 0.6 is 0 Å². The molecule has 1 aromatic rings. The first kappa shape index (κ1) is 13.8. The Hall–Kier alpha value is -1.66. The van der Waals surface area contributed by atoms with E-state index in [4.69, 9.17) is 9.84 Å². The highest BCUT2D eigenvalue weighted by Crippen LogP contribution is 2.18. The summed E-state index contributed by atoms with van der Waals surface area (Å²) >= 11 is 0. The fraction of sp³-hybridized carbons (Fsp3) is 0.538. The Bertz CT molecular complexity index is 499. The summed E-state index contributed by atoms with van der Waals surface area (Å²) < 4.78 is 6.85. The standard InChI is InChI=1S/C13H18N2O4/c1-14(11-9-19-8-10(11)13(17)18)6-7-15-5-3-2-4-12(15)16/h2-5,10-11H,6-9H2,1H3,(H,17,18). The lowest BCUT2D eigenvalue weighted by Gasteiger charge is -2.26. The maximum absolute atomic E-state index is 11.6. The van der Waals surface area contributed by atoms with Crippen LogP contribution in [0.5, 0.6) is 0 Å². The summed E-state index contributed by atoms with van der Waals surface area (Å²) in [5.41, 5.74) is -0.0478. The molecule has 6 heteroatoms. The molecule has 0 amide bonds. The average Bonchev–Trinajstić information content (AvgIpc) is 2.87. The molecule has 0 radical (unpaired) electrons. The van der Waals surface area contributed by atoms with Crippen molar-refractivity contribution in [2.24, 2.45) is 5.92 Å². The van der Waals surface area contributed by atoms with Crippen LogP contribution in [0.1, 0.15) is 0 Å². The van der Waals surface area contributed by atoms with E-state index in [1.54, 1.807) is 22.9 Å². The zero-order valence-electron chi connectivity index (χ0n) is 10.9. The van der Waals surface area contributed by atoms with Gasteiger partial charge in [-0.25, -0.2) is 0 Å². The molecule has 1 fully saturated rings. The molecule has 0 saturated carbocycles. The predicted octanol–water partition coefficient (Wildman–Crippen LogP) is -0.120. The SMILES string of the molecule is CN(CCn1ccccc1=O)C1COCC1C(=O)O. The van der Waals surface area contributed by atoms with Crippen LogP contribution in [0.15, 0.2) is 29.2 Å². The van der Waals surface area contributed by atoms with Gasteiger partial charge in [-0.3, -0.25) is 14.5 Å². The number of aliphatic carboxylic acids is 1. The second kappa shape index (κ2) is 5.99. The molecule has 1 aliphatic rings. The van der Waals surface area contributed by atoms with Gasteiger partial charge >= 0.3 is 5.97 Å². The van der Waals surface area contributed by atoms with Gasteiger partial charge in [0.1, 0.15) is 0 Å². The van der Waals surface area contributed by atoms with Gasteiger partial charge < -0.3 is 14.4 Å². The molecule has 2 heterocycles. The number of hydrogen-bond acceptors (Lipinski definition) is 4. The van der Waals surface area contributed by atoms with Crippen LogP contribution in [0.4, 0.5) is 0 Å². The second-order valence-corrected chi connectivity index (χ2v) is 4.76. The van der Waals surface area contributed by atoms with Gasteiger partial charge in [-0.2, -0.15) is 0 Å². The minimum Gasteiger partial charge on any atom is -0.481 e. The van der Waals surface area contributed by atoms with E-state index >= 15 is 0 Å². The van der Waals surface area contributed by atoms with E-state index in [1.165, 1.54) is 6.07 Å². The molecule has 0 bridgehead atoms. The highest BCUT2D eigenvalue weighted by molar-refractivity contribution is 5.71. The summed E-state index contributed by atoms with van der Waals surface area (Å²) in [6.45, 7) is 1.84. The van der Waals surface area contributed by atoms with Gasteiger partial charge in [0, 0.05) is 31.4 Å². The van der Waals surface area contributed by atoms with E-state index in [0.717, 1.165) is 0 Å². The largest absolute Gasteiger partial charge is 0.481 e. The minimum atomic E-state index is -0.828. The fourth-order valence-corrected chi connectivity index (χ4v) is 2.29. The molecule has 0 spiro atoms. The summed E-state index contributed by atoms with van der Waals surface area (Å²) in [7, 11) is 1.86. The quantitative estimate of drug-likeness (QED) is 0.804. The Morgan fingerprint density at radius 1 is 1.53 bits per heavy atom. The number of ether oxygens (including phenoxy) is 1. The number of pyridine rings is 1. The average molecular weight is 266 g/mol. The van der Waals surface area contributed by atoms with Gasteiger partial charge in [0.15, 0.2) is 0 Å². The first-order valence-corrected chi connectivity index (χ1v) is 6.26. The zero-order chi connectivity index (χ0) is 13.8. The van der Waals surface area contributed by atoms with Crippen molar-refractivity contribution in [2.75, 3.05) is 26.8 Å². The van der Waals surface area contributed by atoms with Crippen LogP contribution in [-0.2, 0) is 16.1 Å². The van der Waals surface area contributed by atoms with Crippen molar-refractivity contribution in [1.82, 2.24) is 9.47 Å². The van der Waals surface area contributed by atoms with Crippen molar-refractivity contribution in [3.63, 3.8) is 0 Å². The smallest absolute Gasteiger partial charge is 0.310 e. The van der Waals surface area contributed by atoms with Crippen LogP contribution in [-0.4, -0.2) is 53.4 Å². The topological polar surface area (TPSA) is 71.8 Å². The second-order valence-electron chi connectivity index (χ2n) is 4.76. The van der Waals surface area contributed by atoms with Crippen LogP contribution in [0, 0.1) is 5.92 Å². The van der Waals surface area contributed by atoms with Gasteiger partial charge in [-0.1, -0.05) is 6.07 Å². The van der Waals surface area contributed by atoms with Crippen molar-refractivity contribution in [3.05, 3.63) is 34.7 Å². The molecule has 1 saturated heterocycles. The number of carboxylic acids is 1. The van der Waals surface area contributed by atoms with Gasteiger partial charge in [0.05, 0.1) is 19.1 Å². The number of nitrogens with zero attached hydrogens (tertiary/aromatic N) is 2. The minimum absolute atomic E-state index is 0.0478. The van der Waals surface area contributed by atoms with Gasteiger partial charge in [-0.15, -0.1) is 0 Å². The van der Waals surface area contributed by atoms with E-state index in [1.807, 2.05) is 11.9 Å². The summed E-state index contributed by atoms with van der Waals surface area (Å²) in [4.78, 5) is 24.6. The molecule has 104 valence electrons. The number of hydrogen-bond donors (Lipinski definition) is 1. The monoisotopic (exact) mass is 266 g/mol. The number of carbonyl (C=O) groups is 1. The van der Waals surface area contributed by atoms with Crippen molar-refractivity contribution < 1.29 is 14.6 Å². The lowest BCUT2D eigenvalue weighted by molar-refractivity contribution is -0.143. The van der Waals surface area contributed by atoms with E-state index in [-0.39, 0.29) is 18.2 Å².